The molecule has 37 heavy (non-hydrogen) atoms. The Morgan fingerprint density at radius 1 is 0.568 bits per heavy atom. The van der Waals surface area contributed by atoms with E-state index in [-0.39, 0.29) is 10.9 Å². The van der Waals surface area contributed by atoms with Crippen LogP contribution < -0.4 is 10.6 Å². The van der Waals surface area contributed by atoms with Crippen LogP contribution in [0.1, 0.15) is 17.5 Å². The number of aryl methyl sites for hydroxylation is 2. The second-order valence-corrected chi connectivity index (χ2v) is 14.9. The molecule has 1 fully saturated rings. The number of fused-ring (bicyclic) bond motifs is 1. The van der Waals surface area contributed by atoms with Crippen LogP contribution >= 0.6 is 7.92 Å². The Kier molecular flexibility index (Phi) is 7.18. The van der Waals surface area contributed by atoms with E-state index in [0.29, 0.717) is 22.7 Å². The lowest BCUT2D eigenvalue weighted by Crippen LogP contribution is -2.28. The highest BCUT2D eigenvalue weighted by Crippen LogP contribution is 2.56. The largest absolute Gasteiger partial charge is 0.161 e. The van der Waals surface area contributed by atoms with Crippen molar-refractivity contribution in [2.45, 2.75) is 41.0 Å². The van der Waals surface area contributed by atoms with Gasteiger partial charge in [0.15, 0.2) is 9.79 Å². The van der Waals surface area contributed by atoms with E-state index < -0.39 is 7.92 Å². The van der Waals surface area contributed by atoms with E-state index >= 15 is 0 Å². The highest BCUT2D eigenvalue weighted by Gasteiger charge is 2.53. The molecule has 1 saturated carbocycles. The van der Waals surface area contributed by atoms with Gasteiger partial charge in [-0.25, -0.2) is 0 Å². The molecule has 184 valence electrons. The van der Waals surface area contributed by atoms with Crippen LogP contribution in [0, 0.1) is 25.7 Å². The molecule has 4 unspecified atom stereocenters. The first-order valence-corrected chi connectivity index (χ1v) is 16.0. The van der Waals surface area contributed by atoms with Crippen LogP contribution in [-0.4, -0.2) is 10.9 Å². The zero-order valence-corrected chi connectivity index (χ0v) is 23.3. The predicted octanol–water partition coefficient (Wildman–Crippen LogP) is 7.97. The van der Waals surface area contributed by atoms with Gasteiger partial charge in [-0.1, -0.05) is 120 Å². The molecule has 2 heteroatoms. The van der Waals surface area contributed by atoms with E-state index in [2.05, 4.69) is 147 Å². The molecule has 2 aliphatic rings. The average molecular weight is 518 g/mol. The number of hydrogen-bond donors (Lipinski definition) is 0. The lowest BCUT2D eigenvalue weighted by atomic mass is 9.91. The van der Waals surface area contributed by atoms with Gasteiger partial charge in [0.05, 0.1) is 10.9 Å². The van der Waals surface area contributed by atoms with Gasteiger partial charge in [-0.2, -0.15) is 0 Å². The standard InChI is InChI=1S/C35H34PS/c1-26-17-21-30(22-18-26)37(31-23-19-27(2)20-24-31)35-25-34(32-15-9-10-16-33(32)35)36(28-11-5-3-6-12-28)29-13-7-4-8-14-29/h3-24,32-35H,25H2,1-2H3/q+1. The molecular formula is C35H34PS+. The Morgan fingerprint density at radius 2 is 1.03 bits per heavy atom. The summed E-state index contributed by atoms with van der Waals surface area (Å²) >= 11 is 0. The van der Waals surface area contributed by atoms with Crippen LogP contribution in [0.4, 0.5) is 0 Å². The number of hydrogen-bond acceptors (Lipinski definition) is 0. The first kappa shape index (κ1) is 24.5. The summed E-state index contributed by atoms with van der Waals surface area (Å²) in [6.07, 6.45) is 10.9. The topological polar surface area (TPSA) is 0 Å². The zero-order chi connectivity index (χ0) is 25.2. The molecule has 0 saturated heterocycles. The fraction of sp³-hybridized carbons (Fsp3) is 0.200. The summed E-state index contributed by atoms with van der Waals surface area (Å²) in [6, 6.07) is 41.4. The zero-order valence-electron chi connectivity index (χ0n) is 21.6. The highest BCUT2D eigenvalue weighted by atomic mass is 32.2. The van der Waals surface area contributed by atoms with Crippen molar-refractivity contribution in [2.75, 3.05) is 0 Å². The van der Waals surface area contributed by atoms with Crippen molar-refractivity contribution in [1.29, 1.82) is 0 Å². The van der Waals surface area contributed by atoms with Gasteiger partial charge in [0, 0.05) is 12.3 Å². The first-order valence-electron chi connectivity index (χ1n) is 13.3. The molecule has 4 atom stereocenters. The van der Waals surface area contributed by atoms with Crippen LogP contribution in [0.25, 0.3) is 0 Å². The normalized spacial score (nSPS) is 22.5. The molecule has 6 rings (SSSR count). The van der Waals surface area contributed by atoms with E-state index in [1.54, 1.807) is 0 Å². The van der Waals surface area contributed by atoms with Gasteiger partial charge in [0.2, 0.25) is 0 Å². The van der Waals surface area contributed by atoms with E-state index in [9.17, 15) is 0 Å². The molecule has 2 aliphatic carbocycles. The van der Waals surface area contributed by atoms with Crippen LogP contribution in [-0.2, 0) is 10.9 Å². The fourth-order valence-electron chi connectivity index (χ4n) is 6.05. The Balaban J connectivity index is 1.46. The summed E-state index contributed by atoms with van der Waals surface area (Å²) < 4.78 is 0. The summed E-state index contributed by atoms with van der Waals surface area (Å²) in [4.78, 5) is 2.95. The van der Waals surface area contributed by atoms with Crippen molar-refractivity contribution in [3.8, 4) is 0 Å². The molecule has 0 nitrogen and oxygen atoms in total. The quantitative estimate of drug-likeness (QED) is 0.180. The average Bonchev–Trinajstić information content (AvgIpc) is 3.31. The summed E-state index contributed by atoms with van der Waals surface area (Å²) in [7, 11) is -0.462. The third-order valence-electron chi connectivity index (χ3n) is 7.82. The van der Waals surface area contributed by atoms with Gasteiger partial charge in [0.25, 0.3) is 0 Å². The number of allylic oxidation sites excluding steroid dienone is 4. The van der Waals surface area contributed by atoms with Gasteiger partial charge >= 0.3 is 0 Å². The Morgan fingerprint density at radius 3 is 1.51 bits per heavy atom. The molecule has 0 N–H and O–H groups in total. The molecule has 0 aromatic heterocycles. The van der Waals surface area contributed by atoms with Crippen LogP contribution in [0.3, 0.4) is 0 Å². The second-order valence-electron chi connectivity index (χ2n) is 10.3. The predicted molar refractivity (Wildman–Crippen MR) is 163 cm³/mol. The van der Waals surface area contributed by atoms with Gasteiger partial charge in [-0.05, 0) is 68.2 Å². The second kappa shape index (κ2) is 10.9. The van der Waals surface area contributed by atoms with Crippen molar-refractivity contribution in [3.05, 3.63) is 145 Å². The maximum atomic E-state index is 2.53. The lowest BCUT2D eigenvalue weighted by Gasteiger charge is -2.30. The summed E-state index contributed by atoms with van der Waals surface area (Å²) in [6.45, 7) is 4.38. The third-order valence-corrected chi connectivity index (χ3v) is 13.4. The number of benzene rings is 4. The molecule has 0 bridgehead atoms. The van der Waals surface area contributed by atoms with E-state index in [1.165, 1.54) is 37.9 Å². The molecule has 0 heterocycles. The molecule has 4 aromatic carbocycles. The van der Waals surface area contributed by atoms with Gasteiger partial charge < -0.3 is 0 Å². The molecule has 0 aliphatic heterocycles. The SMILES string of the molecule is Cc1ccc([S+](c2ccc(C)cc2)C2CC(P(c3ccccc3)c3ccccc3)C3C=CC=CC32)cc1. The van der Waals surface area contributed by atoms with Crippen LogP contribution in [0.5, 0.6) is 0 Å². The lowest BCUT2D eigenvalue weighted by molar-refractivity contribution is 0.561. The first-order chi connectivity index (χ1) is 18.2. The Bertz CT molecular complexity index is 1290. The van der Waals surface area contributed by atoms with Crippen molar-refractivity contribution < 1.29 is 0 Å². The van der Waals surface area contributed by atoms with Gasteiger partial charge in [-0.3, -0.25) is 0 Å². The van der Waals surface area contributed by atoms with E-state index in [1.807, 2.05) is 0 Å². The minimum absolute atomic E-state index is 0.0137. The fourth-order valence-corrected chi connectivity index (χ4v) is 12.1. The maximum absolute atomic E-state index is 2.53. The van der Waals surface area contributed by atoms with Crippen molar-refractivity contribution >= 4 is 29.4 Å². The Hall–Kier alpha value is -2.86. The number of rotatable bonds is 6. The smallest absolute Gasteiger partial charge is 0.0800 e. The van der Waals surface area contributed by atoms with Gasteiger partial charge in [0.1, 0.15) is 5.25 Å². The minimum atomic E-state index is -0.476. The molecule has 0 amide bonds. The molecular weight excluding hydrogens is 483 g/mol. The van der Waals surface area contributed by atoms with Crippen LogP contribution in [0.15, 0.2) is 143 Å². The molecule has 0 spiro atoms. The Labute approximate surface area is 226 Å². The van der Waals surface area contributed by atoms with Gasteiger partial charge in [-0.15, -0.1) is 0 Å². The van der Waals surface area contributed by atoms with Crippen molar-refractivity contribution in [3.63, 3.8) is 0 Å². The van der Waals surface area contributed by atoms with E-state index in [0.717, 1.165) is 0 Å². The van der Waals surface area contributed by atoms with Crippen molar-refractivity contribution in [1.82, 2.24) is 0 Å². The molecule has 4 aromatic rings. The summed E-state index contributed by atoms with van der Waals surface area (Å²) in [5, 5.41) is 3.59. The third kappa shape index (κ3) is 5.00. The summed E-state index contributed by atoms with van der Waals surface area (Å²) in [5.74, 6) is 1.12. The van der Waals surface area contributed by atoms with Crippen molar-refractivity contribution in [2.24, 2.45) is 11.8 Å². The monoisotopic (exact) mass is 517 g/mol. The van der Waals surface area contributed by atoms with Crippen LogP contribution in [0.2, 0.25) is 0 Å². The van der Waals surface area contributed by atoms with E-state index in [4.69, 9.17) is 0 Å². The minimum Gasteiger partial charge on any atom is -0.0800 e. The maximum Gasteiger partial charge on any atom is 0.161 e. The highest BCUT2D eigenvalue weighted by molar-refractivity contribution is 7.97. The summed E-state index contributed by atoms with van der Waals surface area (Å²) in [5.41, 5.74) is 3.27. The molecule has 0 radical (unpaired) electrons.